The van der Waals surface area contributed by atoms with E-state index >= 15 is 0 Å². The van der Waals surface area contributed by atoms with Gasteiger partial charge in [-0.3, -0.25) is 14.3 Å². The smallest absolute Gasteiger partial charge is 0.354 e. The van der Waals surface area contributed by atoms with Gasteiger partial charge in [0.15, 0.2) is 0 Å². The average molecular weight is 499 g/mol. The fourth-order valence-corrected chi connectivity index (χ4v) is 3.34. The van der Waals surface area contributed by atoms with Gasteiger partial charge in [0.25, 0.3) is 5.91 Å². The molecule has 0 aliphatic rings. The third-order valence-electron chi connectivity index (χ3n) is 5.41. The van der Waals surface area contributed by atoms with Crippen LogP contribution in [0.3, 0.4) is 0 Å². The summed E-state index contributed by atoms with van der Waals surface area (Å²) in [6.45, 7) is 6.54. The van der Waals surface area contributed by atoms with Gasteiger partial charge in [0.1, 0.15) is 5.69 Å². The number of amides is 2. The Morgan fingerprint density at radius 1 is 0.865 bits per heavy atom. The molecule has 1 aromatic heterocycles. The Balaban J connectivity index is 0.000000206. The summed E-state index contributed by atoms with van der Waals surface area (Å²) in [7, 11) is 0. The molecular formula is C29H30N4O4. The van der Waals surface area contributed by atoms with E-state index in [-0.39, 0.29) is 17.0 Å². The van der Waals surface area contributed by atoms with Gasteiger partial charge in [-0.2, -0.15) is 5.10 Å². The number of nitrogens with zero attached hydrogens (tertiary/aromatic N) is 2. The number of benzene rings is 3. The van der Waals surface area contributed by atoms with Crippen LogP contribution in [-0.4, -0.2) is 32.7 Å². The van der Waals surface area contributed by atoms with Gasteiger partial charge < -0.3 is 16.2 Å². The van der Waals surface area contributed by atoms with Gasteiger partial charge in [-0.15, -0.1) is 0 Å². The van der Waals surface area contributed by atoms with Crippen molar-refractivity contribution in [2.24, 2.45) is 5.73 Å². The topological polar surface area (TPSA) is 127 Å². The minimum atomic E-state index is -0.945. The van der Waals surface area contributed by atoms with Gasteiger partial charge in [0, 0.05) is 22.2 Å². The minimum Gasteiger partial charge on any atom is -0.477 e. The second-order valence-electron chi connectivity index (χ2n) is 9.37. The van der Waals surface area contributed by atoms with E-state index in [0.717, 1.165) is 16.9 Å². The summed E-state index contributed by atoms with van der Waals surface area (Å²) in [4.78, 5) is 34.1. The number of carbonyl (C=O) groups is 3. The summed E-state index contributed by atoms with van der Waals surface area (Å²) < 4.78 is 1.55. The first-order valence-corrected chi connectivity index (χ1v) is 11.7. The maximum Gasteiger partial charge on any atom is 0.354 e. The Hall–Kier alpha value is -4.72. The fraction of sp³-hybridized carbons (Fsp3) is 0.172. The van der Waals surface area contributed by atoms with Gasteiger partial charge in [0.2, 0.25) is 5.91 Å². The van der Waals surface area contributed by atoms with E-state index in [1.807, 2.05) is 69.3 Å². The van der Waals surface area contributed by atoms with E-state index in [2.05, 4.69) is 10.4 Å². The number of anilines is 1. The zero-order chi connectivity index (χ0) is 27.0. The molecule has 0 radical (unpaired) electrons. The van der Waals surface area contributed by atoms with E-state index in [0.29, 0.717) is 17.7 Å². The van der Waals surface area contributed by atoms with E-state index in [1.54, 1.807) is 35.0 Å². The van der Waals surface area contributed by atoms with E-state index < -0.39 is 11.9 Å². The van der Waals surface area contributed by atoms with Crippen LogP contribution in [0.25, 0.3) is 0 Å². The molecule has 0 atom stereocenters. The number of carbonyl (C=O) groups excluding carboxylic acids is 2. The lowest BCUT2D eigenvalue weighted by Crippen LogP contribution is -2.14. The molecule has 0 saturated heterocycles. The normalized spacial score (nSPS) is 10.7. The Morgan fingerprint density at radius 2 is 1.41 bits per heavy atom. The van der Waals surface area contributed by atoms with Gasteiger partial charge in [-0.05, 0) is 48.0 Å². The number of nitrogens with two attached hydrogens (primary N) is 1. The van der Waals surface area contributed by atoms with Crippen molar-refractivity contribution >= 4 is 23.5 Å². The third-order valence-corrected chi connectivity index (χ3v) is 5.41. The Labute approximate surface area is 215 Å². The molecule has 0 fully saturated rings. The number of hydrogen-bond donors (Lipinski definition) is 3. The monoisotopic (exact) mass is 498 g/mol. The van der Waals surface area contributed by atoms with Crippen molar-refractivity contribution in [1.82, 2.24) is 9.78 Å². The van der Waals surface area contributed by atoms with Crippen LogP contribution < -0.4 is 11.1 Å². The summed E-state index contributed by atoms with van der Waals surface area (Å²) >= 11 is 0. The minimum absolute atomic E-state index is 0.161. The number of para-hydroxylation sites is 1. The number of aromatic carboxylic acids is 1. The van der Waals surface area contributed by atoms with Crippen LogP contribution in [0.1, 0.15) is 63.2 Å². The van der Waals surface area contributed by atoms with Gasteiger partial charge in [0.05, 0.1) is 12.2 Å². The summed E-state index contributed by atoms with van der Waals surface area (Å²) in [5.74, 6) is -1.68. The fourth-order valence-electron chi connectivity index (χ4n) is 3.34. The van der Waals surface area contributed by atoms with Crippen LogP contribution in [-0.2, 0) is 12.0 Å². The molecule has 8 heteroatoms. The van der Waals surface area contributed by atoms with Crippen LogP contribution in [0, 0.1) is 0 Å². The molecule has 0 aliphatic heterocycles. The number of primary amides is 1. The summed E-state index contributed by atoms with van der Waals surface area (Å²) in [5.41, 5.74) is 8.60. The number of aromatic nitrogens is 2. The standard InChI is InChI=1S/C15H18N2O2.C14H12N2O2/c1-15(2,3)13-9-12(14(18)19)17(16-13)10-11-7-5-4-6-8-11;15-13(17)10-6-8-11(9-7-10)14(18)16-12-4-2-1-3-5-12/h4-9H,10H2,1-3H3,(H,18,19);1-9H,(H2,15,17)(H,16,18). The zero-order valence-corrected chi connectivity index (χ0v) is 21.0. The van der Waals surface area contributed by atoms with Gasteiger partial charge in [-0.1, -0.05) is 69.3 Å². The highest BCUT2D eigenvalue weighted by molar-refractivity contribution is 6.05. The molecule has 3 aromatic carbocycles. The Bertz CT molecular complexity index is 1360. The second-order valence-corrected chi connectivity index (χ2v) is 9.37. The molecular weight excluding hydrogens is 468 g/mol. The summed E-state index contributed by atoms with van der Waals surface area (Å²) in [6, 6.07) is 26.7. The number of rotatable bonds is 6. The molecule has 4 rings (SSSR count). The van der Waals surface area contributed by atoms with Crippen molar-refractivity contribution in [3.8, 4) is 0 Å². The number of hydrogen-bond acceptors (Lipinski definition) is 4. The second kappa shape index (κ2) is 11.8. The lowest BCUT2D eigenvalue weighted by Gasteiger charge is -2.14. The molecule has 8 nitrogen and oxygen atoms in total. The number of carboxylic acid groups (broad SMARTS) is 1. The van der Waals surface area contributed by atoms with Crippen molar-refractivity contribution < 1.29 is 19.5 Å². The van der Waals surface area contributed by atoms with Crippen LogP contribution >= 0.6 is 0 Å². The number of nitrogens with one attached hydrogen (secondary N) is 1. The molecule has 0 unspecified atom stereocenters. The highest BCUT2D eigenvalue weighted by Gasteiger charge is 2.22. The predicted molar refractivity (Wildman–Crippen MR) is 143 cm³/mol. The van der Waals surface area contributed by atoms with Crippen molar-refractivity contribution in [2.45, 2.75) is 32.7 Å². The van der Waals surface area contributed by atoms with Gasteiger partial charge >= 0.3 is 5.97 Å². The predicted octanol–water partition coefficient (Wildman–Crippen LogP) is 4.96. The van der Waals surface area contributed by atoms with Crippen molar-refractivity contribution in [1.29, 1.82) is 0 Å². The number of carboxylic acids is 1. The molecule has 0 spiro atoms. The van der Waals surface area contributed by atoms with E-state index in [4.69, 9.17) is 5.73 Å². The molecule has 1 heterocycles. The molecule has 37 heavy (non-hydrogen) atoms. The molecule has 4 aromatic rings. The Morgan fingerprint density at radius 3 is 1.92 bits per heavy atom. The maximum absolute atomic E-state index is 11.9. The third kappa shape index (κ3) is 7.63. The highest BCUT2D eigenvalue weighted by Crippen LogP contribution is 2.22. The van der Waals surface area contributed by atoms with Gasteiger partial charge in [-0.25, -0.2) is 4.79 Å². The van der Waals surface area contributed by atoms with E-state index in [1.165, 1.54) is 12.1 Å². The molecule has 190 valence electrons. The average Bonchev–Trinajstić information content (AvgIpc) is 3.30. The first-order chi connectivity index (χ1) is 17.5. The SMILES string of the molecule is CC(C)(C)c1cc(C(=O)O)n(Cc2ccccc2)n1.NC(=O)c1ccc(C(=O)Nc2ccccc2)cc1. The first-order valence-electron chi connectivity index (χ1n) is 11.7. The van der Waals surface area contributed by atoms with Crippen molar-refractivity contribution in [2.75, 3.05) is 5.32 Å². The van der Waals surface area contributed by atoms with Crippen molar-refractivity contribution in [3.05, 3.63) is 119 Å². The lowest BCUT2D eigenvalue weighted by molar-refractivity contribution is 0.0683. The zero-order valence-electron chi connectivity index (χ0n) is 21.0. The van der Waals surface area contributed by atoms with Crippen LogP contribution in [0.2, 0.25) is 0 Å². The van der Waals surface area contributed by atoms with Crippen LogP contribution in [0.4, 0.5) is 5.69 Å². The molecule has 2 amide bonds. The first kappa shape index (κ1) is 26.9. The maximum atomic E-state index is 11.9. The molecule has 0 aliphatic carbocycles. The molecule has 4 N–H and O–H groups in total. The van der Waals surface area contributed by atoms with Crippen molar-refractivity contribution in [3.63, 3.8) is 0 Å². The lowest BCUT2D eigenvalue weighted by atomic mass is 9.92. The Kier molecular flexibility index (Phi) is 8.58. The molecule has 0 saturated carbocycles. The quantitative estimate of drug-likeness (QED) is 0.346. The summed E-state index contributed by atoms with van der Waals surface area (Å²) in [5, 5.41) is 16.4. The molecule has 0 bridgehead atoms. The van der Waals surface area contributed by atoms with Crippen LogP contribution in [0.15, 0.2) is 91.0 Å². The highest BCUT2D eigenvalue weighted by atomic mass is 16.4. The van der Waals surface area contributed by atoms with E-state index in [9.17, 15) is 19.5 Å². The largest absolute Gasteiger partial charge is 0.477 e. The summed E-state index contributed by atoms with van der Waals surface area (Å²) in [6.07, 6.45) is 0. The van der Waals surface area contributed by atoms with Crippen LogP contribution in [0.5, 0.6) is 0 Å².